The Bertz CT molecular complexity index is 237. The third-order valence-electron chi connectivity index (χ3n) is 2.42. The van der Waals surface area contributed by atoms with Crippen LogP contribution in [0.4, 0.5) is 0 Å². The summed E-state index contributed by atoms with van der Waals surface area (Å²) in [4.78, 5) is 4.21. The zero-order valence-electron chi connectivity index (χ0n) is 8.92. The topological polar surface area (TPSA) is 21.6 Å². The lowest BCUT2D eigenvalue weighted by atomic mass is 9.89. The average Bonchev–Trinajstić information content (AvgIpc) is 2.21. The monoisotopic (exact) mass is 215 g/mol. The van der Waals surface area contributed by atoms with E-state index >= 15 is 0 Å². The van der Waals surface area contributed by atoms with Gasteiger partial charge in [0.15, 0.2) is 0 Å². The van der Waals surface area contributed by atoms with Gasteiger partial charge in [-0.1, -0.05) is 13.3 Å². The molecule has 1 aliphatic rings. The highest BCUT2D eigenvalue weighted by Crippen LogP contribution is 2.31. The predicted molar refractivity (Wildman–Crippen MR) is 61.1 cm³/mol. The van der Waals surface area contributed by atoms with Crippen LogP contribution in [0.25, 0.3) is 0 Å². The third kappa shape index (κ3) is 2.74. The van der Waals surface area contributed by atoms with Crippen LogP contribution in [0.5, 0.6) is 0 Å². The smallest absolute Gasteiger partial charge is 0.106 e. The van der Waals surface area contributed by atoms with E-state index in [2.05, 4.69) is 18.8 Å². The number of hydrogen-bond donors (Lipinski definition) is 0. The van der Waals surface area contributed by atoms with Gasteiger partial charge >= 0.3 is 0 Å². The number of unbranched alkanes of at least 4 members (excludes halogenated alkanes) is 1. The summed E-state index contributed by atoms with van der Waals surface area (Å²) in [5.41, 5.74) is -0.107. The van der Waals surface area contributed by atoms with Crippen LogP contribution in [-0.2, 0) is 4.74 Å². The quantitative estimate of drug-likeness (QED) is 0.510. The molecule has 0 aromatic carbocycles. The maximum absolute atomic E-state index is 5.93. The van der Waals surface area contributed by atoms with Crippen LogP contribution in [0.1, 0.15) is 26.7 Å². The van der Waals surface area contributed by atoms with Gasteiger partial charge in [0.25, 0.3) is 0 Å². The van der Waals surface area contributed by atoms with Gasteiger partial charge in [0, 0.05) is 12.1 Å². The fourth-order valence-electron chi connectivity index (χ4n) is 1.31. The van der Waals surface area contributed by atoms with Crippen molar-refractivity contribution in [3.8, 4) is 0 Å². The summed E-state index contributed by atoms with van der Waals surface area (Å²) in [6.07, 6.45) is 5.98. The molecule has 0 saturated heterocycles. The molecular formula is C11H18ClNO. The van der Waals surface area contributed by atoms with Gasteiger partial charge in [0.05, 0.1) is 18.6 Å². The summed E-state index contributed by atoms with van der Waals surface area (Å²) in [7, 11) is 0. The molecule has 0 amide bonds. The minimum absolute atomic E-state index is 0.107. The van der Waals surface area contributed by atoms with Crippen molar-refractivity contribution in [2.24, 2.45) is 10.4 Å². The van der Waals surface area contributed by atoms with E-state index < -0.39 is 0 Å². The Hall–Kier alpha value is -0.500. The molecule has 1 atom stereocenters. The molecule has 0 radical (unpaired) electrons. The largest absolute Gasteiger partial charge is 0.497 e. The summed E-state index contributed by atoms with van der Waals surface area (Å²) in [5, 5.41) is 0. The zero-order chi connectivity index (χ0) is 10.4. The number of halogens is 1. The molecule has 80 valence electrons. The van der Waals surface area contributed by atoms with Crippen molar-refractivity contribution in [3.63, 3.8) is 0 Å². The SMILES string of the molecule is CCCCOC1=CC=NCC1(C)CCl. The van der Waals surface area contributed by atoms with Crippen LogP contribution in [0.15, 0.2) is 16.8 Å². The molecule has 0 fully saturated rings. The van der Waals surface area contributed by atoms with Crippen molar-refractivity contribution < 1.29 is 4.74 Å². The predicted octanol–water partition coefficient (Wildman–Crippen LogP) is 3.02. The van der Waals surface area contributed by atoms with Gasteiger partial charge in [-0.25, -0.2) is 0 Å². The Labute approximate surface area is 91.0 Å². The number of ether oxygens (including phenoxy) is 1. The van der Waals surface area contributed by atoms with Crippen LogP contribution in [-0.4, -0.2) is 25.2 Å². The van der Waals surface area contributed by atoms with Crippen LogP contribution in [0, 0.1) is 5.41 Å². The number of dihydropyridines is 1. The van der Waals surface area contributed by atoms with E-state index in [4.69, 9.17) is 16.3 Å². The molecule has 0 aromatic heterocycles. The summed E-state index contributed by atoms with van der Waals surface area (Å²) in [5.74, 6) is 1.54. The summed E-state index contributed by atoms with van der Waals surface area (Å²) in [6.45, 7) is 5.76. The van der Waals surface area contributed by atoms with Gasteiger partial charge < -0.3 is 4.74 Å². The van der Waals surface area contributed by atoms with Gasteiger partial charge in [-0.05, 0) is 19.4 Å². The Morgan fingerprint density at radius 2 is 2.43 bits per heavy atom. The van der Waals surface area contributed by atoms with E-state index in [9.17, 15) is 0 Å². The molecule has 0 spiro atoms. The highest BCUT2D eigenvalue weighted by atomic mass is 35.5. The normalized spacial score (nSPS) is 26.1. The highest BCUT2D eigenvalue weighted by molar-refractivity contribution is 6.18. The second-order valence-electron chi connectivity index (χ2n) is 3.92. The van der Waals surface area contributed by atoms with Crippen molar-refractivity contribution in [2.75, 3.05) is 19.0 Å². The number of allylic oxidation sites excluding steroid dienone is 1. The highest BCUT2D eigenvalue weighted by Gasteiger charge is 2.30. The minimum atomic E-state index is -0.107. The molecule has 2 nitrogen and oxygen atoms in total. The van der Waals surface area contributed by atoms with Crippen LogP contribution in [0.2, 0.25) is 0 Å². The molecule has 1 heterocycles. The van der Waals surface area contributed by atoms with Crippen LogP contribution in [0.3, 0.4) is 0 Å². The molecule has 1 rings (SSSR count). The van der Waals surface area contributed by atoms with Gasteiger partial charge in [-0.2, -0.15) is 0 Å². The molecule has 0 N–H and O–H groups in total. The van der Waals surface area contributed by atoms with E-state index in [0.29, 0.717) is 5.88 Å². The third-order valence-corrected chi connectivity index (χ3v) is 3.01. The van der Waals surface area contributed by atoms with Crippen LogP contribution < -0.4 is 0 Å². The lowest BCUT2D eigenvalue weighted by molar-refractivity contribution is 0.144. The average molecular weight is 216 g/mol. The Kier molecular flexibility index (Phi) is 4.46. The minimum Gasteiger partial charge on any atom is -0.497 e. The molecule has 14 heavy (non-hydrogen) atoms. The number of aliphatic imine (C=N–C) groups is 1. The first kappa shape index (κ1) is 11.6. The number of alkyl halides is 1. The first-order valence-electron chi connectivity index (χ1n) is 5.12. The van der Waals surface area contributed by atoms with E-state index in [1.54, 1.807) is 6.21 Å². The van der Waals surface area contributed by atoms with Crippen LogP contribution >= 0.6 is 11.6 Å². The molecule has 0 aliphatic carbocycles. The summed E-state index contributed by atoms with van der Waals surface area (Å²) in [6, 6.07) is 0. The fourth-order valence-corrected chi connectivity index (χ4v) is 1.53. The maximum Gasteiger partial charge on any atom is 0.106 e. The molecule has 0 bridgehead atoms. The Morgan fingerprint density at radius 3 is 3.07 bits per heavy atom. The van der Waals surface area contributed by atoms with E-state index in [1.165, 1.54) is 0 Å². The second-order valence-corrected chi connectivity index (χ2v) is 4.18. The lowest BCUT2D eigenvalue weighted by Gasteiger charge is -2.30. The first-order chi connectivity index (χ1) is 6.73. The molecule has 0 aromatic rings. The summed E-state index contributed by atoms with van der Waals surface area (Å²) < 4.78 is 5.72. The zero-order valence-corrected chi connectivity index (χ0v) is 9.68. The molecule has 0 saturated carbocycles. The van der Waals surface area contributed by atoms with E-state index in [1.807, 2.05) is 6.08 Å². The Balaban J connectivity index is 2.54. The van der Waals surface area contributed by atoms with Crippen molar-refractivity contribution in [1.29, 1.82) is 0 Å². The van der Waals surface area contributed by atoms with Crippen molar-refractivity contribution >= 4 is 17.8 Å². The van der Waals surface area contributed by atoms with E-state index in [-0.39, 0.29) is 5.41 Å². The first-order valence-corrected chi connectivity index (χ1v) is 5.66. The van der Waals surface area contributed by atoms with Gasteiger partial charge in [0.1, 0.15) is 5.76 Å². The number of rotatable bonds is 5. The molecular weight excluding hydrogens is 198 g/mol. The summed E-state index contributed by atoms with van der Waals surface area (Å²) >= 11 is 5.93. The molecule has 1 aliphatic heterocycles. The van der Waals surface area contributed by atoms with Crippen molar-refractivity contribution in [2.45, 2.75) is 26.7 Å². The van der Waals surface area contributed by atoms with Gasteiger partial charge in [0.2, 0.25) is 0 Å². The van der Waals surface area contributed by atoms with Gasteiger partial charge in [-0.3, -0.25) is 4.99 Å². The number of nitrogens with zero attached hydrogens (tertiary/aromatic N) is 1. The van der Waals surface area contributed by atoms with Gasteiger partial charge in [-0.15, -0.1) is 11.6 Å². The van der Waals surface area contributed by atoms with Crippen molar-refractivity contribution in [1.82, 2.24) is 0 Å². The lowest BCUT2D eigenvalue weighted by Crippen LogP contribution is -2.29. The van der Waals surface area contributed by atoms with E-state index in [0.717, 1.165) is 31.8 Å². The van der Waals surface area contributed by atoms with Crippen molar-refractivity contribution in [3.05, 3.63) is 11.8 Å². The molecule has 3 heteroatoms. The second kappa shape index (κ2) is 5.40. The number of hydrogen-bond acceptors (Lipinski definition) is 2. The maximum atomic E-state index is 5.93. The Morgan fingerprint density at radius 1 is 1.64 bits per heavy atom. The fraction of sp³-hybridized carbons (Fsp3) is 0.727. The standard InChI is InChI=1S/C11H18ClNO/c1-3-4-7-14-10-5-6-13-9-11(10,2)8-12/h5-6H,3-4,7-9H2,1-2H3. The molecule has 1 unspecified atom stereocenters.